The molecule has 0 fully saturated rings. The van der Waals surface area contributed by atoms with Gasteiger partial charge in [-0.1, -0.05) is 6.07 Å². The van der Waals surface area contributed by atoms with Crippen molar-refractivity contribution < 1.29 is 22.3 Å². The summed E-state index contributed by atoms with van der Waals surface area (Å²) in [4.78, 5) is 4.41. The van der Waals surface area contributed by atoms with Gasteiger partial charge in [-0.15, -0.1) is 0 Å². The summed E-state index contributed by atoms with van der Waals surface area (Å²) >= 11 is 0. The fraction of sp³-hybridized carbons (Fsp3) is 0.167. The zero-order chi connectivity index (χ0) is 18.0. The number of hydrogen-bond donors (Lipinski definition) is 1. The summed E-state index contributed by atoms with van der Waals surface area (Å²) in [5.74, 6) is 1.64. The van der Waals surface area contributed by atoms with Crippen LogP contribution in [0.1, 0.15) is 5.56 Å². The third-order valence-corrected chi connectivity index (χ3v) is 5.29. The van der Waals surface area contributed by atoms with Gasteiger partial charge in [-0.25, -0.2) is 13.1 Å². The van der Waals surface area contributed by atoms with E-state index in [1.54, 1.807) is 36.7 Å². The van der Waals surface area contributed by atoms with E-state index < -0.39 is 10.0 Å². The molecule has 134 valence electrons. The number of sulfonamides is 1. The van der Waals surface area contributed by atoms with E-state index in [4.69, 9.17) is 13.9 Å². The largest absolute Gasteiger partial charge is 0.486 e. The van der Waals surface area contributed by atoms with Gasteiger partial charge in [0.25, 0.3) is 0 Å². The summed E-state index contributed by atoms with van der Waals surface area (Å²) in [6, 6.07) is 11.7. The second-order valence-corrected chi connectivity index (χ2v) is 7.43. The Hall–Kier alpha value is -2.84. The summed E-state index contributed by atoms with van der Waals surface area (Å²) < 4.78 is 43.7. The minimum Gasteiger partial charge on any atom is -0.486 e. The summed E-state index contributed by atoms with van der Waals surface area (Å²) in [5, 5.41) is 0. The Balaban J connectivity index is 1.46. The van der Waals surface area contributed by atoms with Crippen molar-refractivity contribution in [2.75, 3.05) is 13.2 Å². The third kappa shape index (κ3) is 3.42. The molecule has 0 amide bonds. The lowest BCUT2D eigenvalue weighted by atomic mass is 10.2. The summed E-state index contributed by atoms with van der Waals surface area (Å²) in [6.07, 6.45) is 3.19. The predicted molar refractivity (Wildman–Crippen MR) is 93.4 cm³/mol. The molecule has 0 saturated heterocycles. The van der Waals surface area contributed by atoms with Crippen molar-refractivity contribution in [2.24, 2.45) is 0 Å². The first-order valence-electron chi connectivity index (χ1n) is 8.00. The Morgan fingerprint density at radius 2 is 1.88 bits per heavy atom. The molecule has 1 N–H and O–H groups in total. The number of pyridine rings is 1. The van der Waals surface area contributed by atoms with Crippen LogP contribution in [0.25, 0.3) is 11.5 Å². The van der Waals surface area contributed by atoms with Gasteiger partial charge >= 0.3 is 0 Å². The molecule has 0 spiro atoms. The standard InChI is InChI=1S/C18H16N2O5S/c21-26(22,14-4-6-17-18(10-14)25-9-8-24-17)20-12-13-3-5-15(19-11-13)16-2-1-7-23-16/h1-7,10-11,20H,8-9,12H2. The SMILES string of the molecule is O=S(=O)(NCc1ccc(-c2ccco2)nc1)c1ccc2c(c1)OCCO2. The number of nitrogens with zero attached hydrogens (tertiary/aromatic N) is 1. The van der Waals surface area contributed by atoms with Crippen molar-refractivity contribution in [3.05, 3.63) is 60.5 Å². The molecule has 1 aliphatic heterocycles. The normalized spacial score (nSPS) is 13.5. The van der Waals surface area contributed by atoms with Crippen LogP contribution in [0.4, 0.5) is 0 Å². The molecule has 0 saturated carbocycles. The van der Waals surface area contributed by atoms with Crippen LogP contribution in [0.5, 0.6) is 11.5 Å². The monoisotopic (exact) mass is 372 g/mol. The van der Waals surface area contributed by atoms with Crippen LogP contribution in [0.3, 0.4) is 0 Å². The second-order valence-electron chi connectivity index (χ2n) is 5.66. The maximum absolute atomic E-state index is 12.5. The average molecular weight is 372 g/mol. The van der Waals surface area contributed by atoms with Gasteiger partial charge in [0.1, 0.15) is 18.9 Å². The smallest absolute Gasteiger partial charge is 0.241 e. The minimum atomic E-state index is -3.68. The van der Waals surface area contributed by atoms with Gasteiger partial charge in [0.05, 0.1) is 11.2 Å². The van der Waals surface area contributed by atoms with Crippen LogP contribution in [0, 0.1) is 0 Å². The number of nitrogens with one attached hydrogen (secondary N) is 1. The Morgan fingerprint density at radius 1 is 1.04 bits per heavy atom. The molecule has 0 unspecified atom stereocenters. The summed E-state index contributed by atoms with van der Waals surface area (Å²) in [5.41, 5.74) is 1.43. The van der Waals surface area contributed by atoms with E-state index >= 15 is 0 Å². The first-order chi connectivity index (χ1) is 12.6. The molecule has 26 heavy (non-hydrogen) atoms. The second kappa shape index (κ2) is 6.81. The fourth-order valence-corrected chi connectivity index (χ4v) is 3.58. The molecule has 0 bridgehead atoms. The van der Waals surface area contributed by atoms with Crippen LogP contribution in [-0.4, -0.2) is 26.6 Å². The number of furan rings is 1. The van der Waals surface area contributed by atoms with Crippen molar-refractivity contribution in [2.45, 2.75) is 11.4 Å². The van der Waals surface area contributed by atoms with E-state index in [0.29, 0.717) is 36.2 Å². The van der Waals surface area contributed by atoms with E-state index in [2.05, 4.69) is 9.71 Å². The quantitative estimate of drug-likeness (QED) is 0.740. The lowest BCUT2D eigenvalue weighted by Gasteiger charge is -2.18. The number of benzene rings is 1. The average Bonchev–Trinajstić information content (AvgIpc) is 3.21. The van der Waals surface area contributed by atoms with E-state index in [1.807, 2.05) is 6.07 Å². The highest BCUT2D eigenvalue weighted by atomic mass is 32.2. The Kier molecular flexibility index (Phi) is 4.36. The van der Waals surface area contributed by atoms with Crippen molar-refractivity contribution >= 4 is 10.0 Å². The number of rotatable bonds is 5. The summed E-state index contributed by atoms with van der Waals surface area (Å²) in [7, 11) is -3.68. The predicted octanol–water partition coefficient (Wildman–Crippen LogP) is 2.59. The third-order valence-electron chi connectivity index (χ3n) is 3.89. The Bertz CT molecular complexity index is 999. The van der Waals surface area contributed by atoms with Crippen molar-refractivity contribution in [1.29, 1.82) is 0 Å². The molecule has 7 nitrogen and oxygen atoms in total. The van der Waals surface area contributed by atoms with Gasteiger partial charge < -0.3 is 13.9 Å². The van der Waals surface area contributed by atoms with Gasteiger partial charge in [-0.05, 0) is 35.9 Å². The Morgan fingerprint density at radius 3 is 2.62 bits per heavy atom. The van der Waals surface area contributed by atoms with Gasteiger partial charge in [0.15, 0.2) is 17.3 Å². The molecule has 3 heterocycles. The number of hydrogen-bond acceptors (Lipinski definition) is 6. The zero-order valence-electron chi connectivity index (χ0n) is 13.7. The van der Waals surface area contributed by atoms with Crippen LogP contribution in [0.2, 0.25) is 0 Å². The van der Waals surface area contributed by atoms with Gasteiger partial charge in [-0.3, -0.25) is 4.98 Å². The van der Waals surface area contributed by atoms with E-state index in [9.17, 15) is 8.42 Å². The molecular formula is C18H16N2O5S. The Labute approximate surface area is 150 Å². The molecule has 8 heteroatoms. The van der Waals surface area contributed by atoms with Crippen LogP contribution in [-0.2, 0) is 16.6 Å². The maximum Gasteiger partial charge on any atom is 0.241 e. The van der Waals surface area contributed by atoms with Crippen molar-refractivity contribution in [1.82, 2.24) is 9.71 Å². The van der Waals surface area contributed by atoms with Gasteiger partial charge in [-0.2, -0.15) is 0 Å². The first-order valence-corrected chi connectivity index (χ1v) is 9.48. The summed E-state index contributed by atoms with van der Waals surface area (Å²) in [6.45, 7) is 0.984. The first kappa shape index (κ1) is 16.6. The van der Waals surface area contributed by atoms with Gasteiger partial charge in [0.2, 0.25) is 10.0 Å². The number of ether oxygens (including phenoxy) is 2. The molecule has 0 aliphatic carbocycles. The highest BCUT2D eigenvalue weighted by Crippen LogP contribution is 2.32. The number of fused-ring (bicyclic) bond motifs is 1. The minimum absolute atomic E-state index is 0.127. The molecular weight excluding hydrogens is 356 g/mol. The molecule has 0 atom stereocenters. The van der Waals surface area contributed by atoms with Crippen LogP contribution < -0.4 is 14.2 Å². The van der Waals surface area contributed by atoms with E-state index in [0.717, 1.165) is 5.56 Å². The highest BCUT2D eigenvalue weighted by Gasteiger charge is 2.19. The molecule has 2 aromatic heterocycles. The molecule has 1 aliphatic rings. The topological polar surface area (TPSA) is 90.7 Å². The highest BCUT2D eigenvalue weighted by molar-refractivity contribution is 7.89. The molecule has 4 rings (SSSR count). The van der Waals surface area contributed by atoms with Gasteiger partial charge in [0, 0.05) is 18.8 Å². The zero-order valence-corrected chi connectivity index (χ0v) is 14.5. The van der Waals surface area contributed by atoms with Crippen molar-refractivity contribution in [3.63, 3.8) is 0 Å². The van der Waals surface area contributed by atoms with Crippen LogP contribution in [0.15, 0.2) is 64.2 Å². The molecule has 1 aromatic carbocycles. The van der Waals surface area contributed by atoms with Crippen molar-refractivity contribution in [3.8, 4) is 23.0 Å². The lowest BCUT2D eigenvalue weighted by molar-refractivity contribution is 0.171. The molecule has 0 radical (unpaired) electrons. The molecule has 3 aromatic rings. The lowest BCUT2D eigenvalue weighted by Crippen LogP contribution is -2.24. The van der Waals surface area contributed by atoms with Crippen LogP contribution >= 0.6 is 0 Å². The fourth-order valence-electron chi connectivity index (χ4n) is 2.55. The maximum atomic E-state index is 12.5. The van der Waals surface area contributed by atoms with E-state index in [-0.39, 0.29) is 11.4 Å². The number of aromatic nitrogens is 1. The van der Waals surface area contributed by atoms with E-state index in [1.165, 1.54) is 12.1 Å².